The molecule has 2 N–H and O–H groups in total. The number of imidazole rings is 1. The summed E-state index contributed by atoms with van der Waals surface area (Å²) >= 11 is 0. The smallest absolute Gasteiger partial charge is 0.228 e. The number of ketones is 1. The number of hydrogen-bond acceptors (Lipinski definition) is 5. The predicted octanol–water partition coefficient (Wildman–Crippen LogP) is 2.34. The van der Waals surface area contributed by atoms with Crippen LogP contribution in [-0.4, -0.2) is 45.4 Å². The molecular formula is C20H26N4O3. The van der Waals surface area contributed by atoms with Gasteiger partial charge >= 0.3 is 0 Å². The van der Waals surface area contributed by atoms with Crippen LogP contribution in [0.4, 0.5) is 0 Å². The second-order valence-corrected chi connectivity index (χ2v) is 7.98. The third kappa shape index (κ3) is 4.60. The van der Waals surface area contributed by atoms with Crippen LogP contribution in [0.1, 0.15) is 49.2 Å². The second kappa shape index (κ2) is 8.00. The van der Waals surface area contributed by atoms with Crippen LogP contribution in [0.2, 0.25) is 0 Å². The molecule has 27 heavy (non-hydrogen) atoms. The highest BCUT2D eigenvalue weighted by molar-refractivity contribution is 6.01. The molecule has 7 nitrogen and oxygen atoms in total. The first-order chi connectivity index (χ1) is 12.9. The Kier molecular flexibility index (Phi) is 5.70. The van der Waals surface area contributed by atoms with Crippen molar-refractivity contribution in [2.24, 2.45) is 11.8 Å². The van der Waals surface area contributed by atoms with Crippen molar-refractivity contribution in [3.05, 3.63) is 48.3 Å². The number of Topliss-reactive ketones (excluding diaryl/α,β-unsaturated/α-hetero) is 1. The molecule has 3 atom stereocenters. The number of rotatable bonds is 6. The van der Waals surface area contributed by atoms with Gasteiger partial charge in [0, 0.05) is 30.5 Å². The number of nitrogens with one attached hydrogen (secondary N) is 2. The van der Waals surface area contributed by atoms with Gasteiger partial charge in [0.2, 0.25) is 5.91 Å². The van der Waals surface area contributed by atoms with Gasteiger partial charge < -0.3 is 15.0 Å². The summed E-state index contributed by atoms with van der Waals surface area (Å²) < 4.78 is 5.55. The minimum atomic E-state index is -0.652. The van der Waals surface area contributed by atoms with Crippen LogP contribution in [0.25, 0.3) is 0 Å². The van der Waals surface area contributed by atoms with E-state index in [0.29, 0.717) is 18.9 Å². The largest absolute Gasteiger partial charge is 0.381 e. The fourth-order valence-corrected chi connectivity index (χ4v) is 3.57. The van der Waals surface area contributed by atoms with Crippen LogP contribution < -0.4 is 5.32 Å². The van der Waals surface area contributed by atoms with Crippen LogP contribution in [0, 0.1) is 11.8 Å². The normalized spacial score (nSPS) is 19.4. The molecule has 2 aromatic heterocycles. The molecule has 0 radical (unpaired) electrons. The van der Waals surface area contributed by atoms with Gasteiger partial charge in [0.25, 0.3) is 0 Å². The fourth-order valence-electron chi connectivity index (χ4n) is 3.57. The van der Waals surface area contributed by atoms with E-state index in [-0.39, 0.29) is 17.6 Å². The summed E-state index contributed by atoms with van der Waals surface area (Å²) in [7, 11) is 0. The second-order valence-electron chi connectivity index (χ2n) is 7.98. The zero-order chi connectivity index (χ0) is 19.4. The lowest BCUT2D eigenvalue weighted by Crippen LogP contribution is -2.47. The number of amides is 1. The van der Waals surface area contributed by atoms with Crippen molar-refractivity contribution in [1.82, 2.24) is 20.3 Å². The molecule has 2 aromatic rings. The maximum absolute atomic E-state index is 13.4. The number of aromatic nitrogens is 3. The first kappa shape index (κ1) is 19.2. The molecule has 0 aromatic carbocycles. The fraction of sp³-hybridized carbons (Fsp3) is 0.500. The Hall–Kier alpha value is -2.54. The van der Waals surface area contributed by atoms with Gasteiger partial charge in [0.15, 0.2) is 5.78 Å². The lowest BCUT2D eigenvalue weighted by Gasteiger charge is -2.32. The van der Waals surface area contributed by atoms with E-state index < -0.39 is 17.4 Å². The van der Waals surface area contributed by atoms with Gasteiger partial charge in [-0.25, -0.2) is 4.98 Å². The molecule has 1 saturated heterocycles. The lowest BCUT2D eigenvalue weighted by atomic mass is 9.74. The molecular weight excluding hydrogens is 344 g/mol. The highest BCUT2D eigenvalue weighted by Crippen LogP contribution is 2.37. The molecule has 144 valence electrons. The summed E-state index contributed by atoms with van der Waals surface area (Å²) in [6.45, 7) is 6.84. The first-order valence-corrected chi connectivity index (χ1v) is 9.19. The summed E-state index contributed by atoms with van der Waals surface area (Å²) in [5.41, 5.74) is 0.721. The third-order valence-electron chi connectivity index (χ3n) is 4.72. The number of hydrogen-bond donors (Lipinski definition) is 2. The average Bonchev–Trinajstić information content (AvgIpc) is 3.31. The molecule has 1 fully saturated rings. The van der Waals surface area contributed by atoms with Gasteiger partial charge in [-0.15, -0.1) is 0 Å². The topological polar surface area (TPSA) is 97.0 Å². The predicted molar refractivity (Wildman–Crippen MR) is 100 cm³/mol. The van der Waals surface area contributed by atoms with Crippen molar-refractivity contribution in [1.29, 1.82) is 0 Å². The van der Waals surface area contributed by atoms with E-state index in [0.717, 1.165) is 12.0 Å². The molecule has 1 aliphatic heterocycles. The zero-order valence-electron chi connectivity index (χ0n) is 15.9. The van der Waals surface area contributed by atoms with E-state index in [4.69, 9.17) is 4.74 Å². The number of H-pyrrole nitrogens is 1. The molecule has 3 unspecified atom stereocenters. The van der Waals surface area contributed by atoms with E-state index in [1.54, 1.807) is 18.5 Å². The van der Waals surface area contributed by atoms with Gasteiger partial charge in [0.05, 0.1) is 25.0 Å². The molecule has 1 aliphatic rings. The van der Waals surface area contributed by atoms with E-state index in [9.17, 15) is 9.59 Å². The van der Waals surface area contributed by atoms with Crippen LogP contribution in [0.5, 0.6) is 0 Å². The first-order valence-electron chi connectivity index (χ1n) is 9.19. The van der Waals surface area contributed by atoms with Gasteiger partial charge in [-0.2, -0.15) is 0 Å². The maximum atomic E-state index is 13.4. The minimum absolute atomic E-state index is 0.0447. The van der Waals surface area contributed by atoms with Gasteiger partial charge in [-0.3, -0.25) is 14.6 Å². The molecule has 3 rings (SSSR count). The number of ether oxygens (including phenoxy) is 1. The van der Waals surface area contributed by atoms with Gasteiger partial charge in [0.1, 0.15) is 5.69 Å². The van der Waals surface area contributed by atoms with Crippen molar-refractivity contribution in [3.8, 4) is 0 Å². The minimum Gasteiger partial charge on any atom is -0.381 e. The van der Waals surface area contributed by atoms with E-state index in [1.807, 2.05) is 26.8 Å². The van der Waals surface area contributed by atoms with Crippen molar-refractivity contribution >= 4 is 11.7 Å². The standard InChI is InChI=1S/C20H26N4O3/c1-20(2,3)24-19(26)17(13-5-4-7-21-9-13)16(14-6-8-27-11-14)18(25)15-10-22-12-23-15/h4-5,7,9-10,12,14,16-17H,6,8,11H2,1-3H3,(H,22,23)(H,24,26). The summed E-state index contributed by atoms with van der Waals surface area (Å²) in [6.07, 6.45) is 7.05. The Morgan fingerprint density at radius 2 is 2.11 bits per heavy atom. The van der Waals surface area contributed by atoms with Crippen molar-refractivity contribution in [3.63, 3.8) is 0 Å². The average molecular weight is 370 g/mol. The van der Waals surface area contributed by atoms with Gasteiger partial charge in [-0.1, -0.05) is 6.07 Å². The molecule has 7 heteroatoms. The van der Waals surface area contributed by atoms with E-state index in [1.165, 1.54) is 12.5 Å². The Labute approximate surface area is 158 Å². The number of carbonyl (C=O) groups is 2. The quantitative estimate of drug-likeness (QED) is 0.761. The Bertz CT molecular complexity index is 762. The highest BCUT2D eigenvalue weighted by atomic mass is 16.5. The summed E-state index contributed by atoms with van der Waals surface area (Å²) in [5.74, 6) is -1.56. The maximum Gasteiger partial charge on any atom is 0.228 e. The SMILES string of the molecule is CC(C)(C)NC(=O)C(c1cccnc1)C(C(=O)c1cnc[nH]1)C1CCOC1. The molecule has 1 amide bonds. The third-order valence-corrected chi connectivity index (χ3v) is 4.72. The summed E-state index contributed by atoms with van der Waals surface area (Å²) in [6, 6.07) is 3.64. The Morgan fingerprint density at radius 3 is 2.67 bits per heavy atom. The van der Waals surface area contributed by atoms with Crippen LogP contribution >= 0.6 is 0 Å². The van der Waals surface area contributed by atoms with Gasteiger partial charge in [-0.05, 0) is 44.7 Å². The van der Waals surface area contributed by atoms with Crippen molar-refractivity contribution < 1.29 is 14.3 Å². The van der Waals surface area contributed by atoms with Crippen molar-refractivity contribution in [2.45, 2.75) is 38.6 Å². The van der Waals surface area contributed by atoms with E-state index >= 15 is 0 Å². The molecule has 3 heterocycles. The molecule has 0 saturated carbocycles. The Morgan fingerprint density at radius 1 is 1.30 bits per heavy atom. The number of pyridine rings is 1. The zero-order valence-corrected chi connectivity index (χ0v) is 15.9. The van der Waals surface area contributed by atoms with Crippen LogP contribution in [0.15, 0.2) is 37.1 Å². The number of carbonyl (C=O) groups excluding carboxylic acids is 2. The lowest BCUT2D eigenvalue weighted by molar-refractivity contribution is -0.125. The Balaban J connectivity index is 2.04. The summed E-state index contributed by atoms with van der Waals surface area (Å²) in [4.78, 5) is 37.7. The molecule has 0 bridgehead atoms. The number of nitrogens with zero attached hydrogens (tertiary/aromatic N) is 2. The van der Waals surface area contributed by atoms with Crippen molar-refractivity contribution in [2.75, 3.05) is 13.2 Å². The van der Waals surface area contributed by atoms with Crippen LogP contribution in [0.3, 0.4) is 0 Å². The number of aromatic amines is 1. The summed E-state index contributed by atoms with van der Waals surface area (Å²) in [5, 5.41) is 3.04. The van der Waals surface area contributed by atoms with Crippen LogP contribution in [-0.2, 0) is 9.53 Å². The highest BCUT2D eigenvalue weighted by Gasteiger charge is 2.43. The molecule has 0 aliphatic carbocycles. The van der Waals surface area contributed by atoms with E-state index in [2.05, 4.69) is 20.3 Å². The monoisotopic (exact) mass is 370 g/mol. The molecule has 0 spiro atoms.